The van der Waals surface area contributed by atoms with E-state index >= 15 is 0 Å². The first-order chi connectivity index (χ1) is 62.7. The Balaban J connectivity index is 0.000000243. The van der Waals surface area contributed by atoms with E-state index in [0.717, 1.165) is 34.0 Å². The van der Waals surface area contributed by atoms with Gasteiger partial charge in [0.15, 0.2) is 0 Å². The van der Waals surface area contributed by atoms with E-state index in [4.69, 9.17) is 68.5 Å². The number of halogens is 3. The Morgan fingerprint density at radius 3 is 1.78 bits per heavy atom. The molecule has 0 saturated carbocycles. The van der Waals surface area contributed by atoms with Gasteiger partial charge in [0.25, 0.3) is 23.2 Å². The third kappa shape index (κ3) is 28.4. The summed E-state index contributed by atoms with van der Waals surface area (Å²) in [5, 5.41) is 37.9. The number of hydrogen-bond donors (Lipinski definition) is 6. The number of carbonyl (C=O) groups excluding carboxylic acids is 13. The molecule has 722 valence electrons. The monoisotopic (exact) mass is 1910 g/mol. The number of amides is 8. The van der Waals surface area contributed by atoms with Gasteiger partial charge >= 0.3 is 42.0 Å². The SMILES string of the molecule is CC(=O)O[C@H](C)c1ccc2ccc(/C=C/C3(C(=O)N[C@H](C(=O)N[C@@H](C)C(=O)N4CCC[C@@H](C(=O)OCC(Cl)(Cl)Cl)N4)C(C)C)CCN(C(=O)OC(C)(C)C)CC3)cc2n1.CC(C)[C@@H]1NC(=O)C2(/C=C/c3ccc4ccc(nc4c3)[C@@H](C)OC(=O)[C@@H]3CCCN(N3)C(=O)[C@H](C)NC1=O)CCN(C(=O)OC(C)(C)C)CC2.Cc1cccc([N+](=O)[O-])c1C(=O)OC(=O)c1c(C)cccc1[N+](=O)[O-]. The first kappa shape index (κ1) is 105. The number of carbonyl (C=O) groups is 13. The number of pyridine rings is 2. The Bertz CT molecular complexity index is 5430. The topological polar surface area (TPSA) is 474 Å². The number of cyclic esters (lactones) is 1. The first-order valence-corrected chi connectivity index (χ1v) is 45.3. The number of hydrazine groups is 2. The molecule has 6 N–H and O–H groups in total. The van der Waals surface area contributed by atoms with Gasteiger partial charge in [-0.2, -0.15) is 0 Å². The molecule has 0 unspecified atom stereocenters. The standard InChI is InChI=1S/C41H55Cl3N6O9.C37H50N6O7.C16H12N2O7/c1-24(2)33(34(52)45-25(3)35(53)50-19-9-10-31(48-50)36(54)57-23-41(42,43)44)47-37(55)40(17-20-49(21-18-40)38(56)59-39(6,7)8)16-15-28-11-12-29-13-14-30(46-32(29)22-28)26(4)58-27(5)51;1-22(2)30-31(44)38-23(3)32(45)43-18-8-9-28(41-43)33(46)49-24(4)27-13-12-26-11-10-25(21-29(26)39-27)14-15-37(34(47)40-30)16-19-42(20-17-37)35(48)50-36(5,6)7;1-9-5-3-7-11(17(21)22)13(9)15(19)25-16(20)14-10(2)6-4-8-12(14)18(23)24/h11-16,22,24-26,31,33,48H,9-10,17-21,23H2,1-8H3,(H,45,52)(H,47,55);10-15,21-24,28,30,41H,8-9,16-20H2,1-7H3,(H,38,44)(H,40,47);3-8H,1-2H3/b16-15+;15-14+;/t25-,26+,31-,33-;23-,24+,28-,30-;/m00./s1. The molecule has 0 radical (unpaired) electrons. The lowest BCUT2D eigenvalue weighted by molar-refractivity contribution is -0.385. The Hall–Kier alpha value is -12.3. The predicted molar refractivity (Wildman–Crippen MR) is 496 cm³/mol. The number of nitrogens with zero attached hydrogens (tertiary/aromatic N) is 8. The molecule has 11 rings (SSSR count). The van der Waals surface area contributed by atoms with Crippen molar-refractivity contribution < 1.29 is 101 Å². The molecule has 2 aromatic heterocycles. The molecule has 4 saturated heterocycles. The van der Waals surface area contributed by atoms with Crippen LogP contribution in [0.4, 0.5) is 21.0 Å². The molecular formula is C94H117Cl3N14O23. The summed E-state index contributed by atoms with van der Waals surface area (Å²) in [6, 6.07) is 21.2. The highest BCUT2D eigenvalue weighted by molar-refractivity contribution is 6.67. The number of benzene rings is 4. The molecule has 6 aromatic rings. The fourth-order valence-corrected chi connectivity index (χ4v) is 15.7. The molecule has 8 atom stereocenters. The molecule has 5 aliphatic rings. The maximum absolute atomic E-state index is 14.5. The fraction of sp³-hybridized carbons (Fsp3) is 0.500. The number of esters is 5. The van der Waals surface area contributed by atoms with E-state index in [9.17, 15) is 82.6 Å². The van der Waals surface area contributed by atoms with Crippen LogP contribution in [-0.2, 0) is 71.6 Å². The van der Waals surface area contributed by atoms with Gasteiger partial charge in [0.2, 0.25) is 27.4 Å². The van der Waals surface area contributed by atoms with Crippen LogP contribution in [0.15, 0.2) is 109 Å². The highest BCUT2D eigenvalue weighted by atomic mass is 35.6. The van der Waals surface area contributed by atoms with Crippen molar-refractivity contribution in [1.29, 1.82) is 0 Å². The normalized spacial score (nSPS) is 19.9. The summed E-state index contributed by atoms with van der Waals surface area (Å²) in [4.78, 5) is 204. The summed E-state index contributed by atoms with van der Waals surface area (Å²) in [6.45, 7) is 30.0. The fourth-order valence-electron chi connectivity index (χ4n) is 15.5. The van der Waals surface area contributed by atoms with Crippen molar-refractivity contribution in [3.05, 3.63) is 174 Å². The van der Waals surface area contributed by atoms with Crippen LogP contribution < -0.4 is 32.1 Å². The zero-order chi connectivity index (χ0) is 99.0. The number of aryl methyl sites for hydroxylation is 2. The second kappa shape index (κ2) is 45.1. The van der Waals surface area contributed by atoms with Crippen molar-refractivity contribution in [2.24, 2.45) is 22.7 Å². The van der Waals surface area contributed by atoms with Gasteiger partial charge < -0.3 is 59.5 Å². The Kier molecular flexibility index (Phi) is 35.5. The summed E-state index contributed by atoms with van der Waals surface area (Å²) in [5.74, 6) is -7.53. The minimum Gasteiger partial charge on any atom is -0.460 e. The Labute approximate surface area is 791 Å². The highest BCUT2D eigenvalue weighted by Gasteiger charge is 2.47. The van der Waals surface area contributed by atoms with E-state index in [1.165, 1.54) is 62.0 Å². The number of likely N-dealkylation sites (tertiary alicyclic amines) is 2. The minimum absolute atomic E-state index is 0.218. The Morgan fingerprint density at radius 2 is 1.22 bits per heavy atom. The minimum atomic E-state index is -1.79. The lowest BCUT2D eigenvalue weighted by Gasteiger charge is -2.40. The van der Waals surface area contributed by atoms with Crippen molar-refractivity contribution in [2.45, 2.75) is 233 Å². The summed E-state index contributed by atoms with van der Waals surface area (Å²) in [6.07, 6.45) is 8.21. The van der Waals surface area contributed by atoms with Gasteiger partial charge in [0.1, 0.15) is 77.4 Å². The van der Waals surface area contributed by atoms with Gasteiger partial charge in [-0.1, -0.05) is 147 Å². The third-order valence-electron chi connectivity index (χ3n) is 22.9. The van der Waals surface area contributed by atoms with Crippen LogP contribution in [-0.4, -0.2) is 214 Å². The molecule has 0 aliphatic carbocycles. The lowest BCUT2D eigenvalue weighted by atomic mass is 9.76. The molecule has 134 heavy (non-hydrogen) atoms. The van der Waals surface area contributed by atoms with Gasteiger partial charge in [-0.15, -0.1) is 0 Å². The largest absolute Gasteiger partial charge is 0.460 e. The van der Waals surface area contributed by atoms with Crippen LogP contribution >= 0.6 is 34.8 Å². The molecule has 1 spiro atoms. The van der Waals surface area contributed by atoms with Crippen molar-refractivity contribution in [1.82, 2.24) is 61.9 Å². The van der Waals surface area contributed by atoms with Crippen LogP contribution in [0.2, 0.25) is 0 Å². The number of piperidine rings is 2. The molecule has 7 heterocycles. The van der Waals surface area contributed by atoms with Gasteiger partial charge in [-0.3, -0.25) is 73.4 Å². The number of alkyl halides is 3. The second-order valence-corrected chi connectivity index (χ2v) is 39.0. The van der Waals surface area contributed by atoms with Crippen molar-refractivity contribution in [3.8, 4) is 0 Å². The van der Waals surface area contributed by atoms with E-state index in [1.54, 1.807) is 77.3 Å². The number of ether oxygens (including phenoxy) is 6. The number of nitro groups is 2. The molecule has 5 aliphatic heterocycles. The van der Waals surface area contributed by atoms with E-state index < -0.39 is 174 Å². The number of rotatable bonds is 17. The van der Waals surface area contributed by atoms with Crippen LogP contribution in [0, 0.1) is 56.7 Å². The van der Waals surface area contributed by atoms with Crippen molar-refractivity contribution in [2.75, 3.05) is 45.9 Å². The van der Waals surface area contributed by atoms with Crippen LogP contribution in [0.1, 0.15) is 222 Å². The number of nitro benzene ring substituents is 2. The van der Waals surface area contributed by atoms with Gasteiger partial charge in [0, 0.05) is 69.1 Å². The molecule has 8 amide bonds. The summed E-state index contributed by atoms with van der Waals surface area (Å²) in [5.41, 5.74) is 5.04. The predicted octanol–water partition coefficient (Wildman–Crippen LogP) is 13.1. The molecule has 5 bridgehead atoms. The second-order valence-electron chi connectivity index (χ2n) is 36.5. The van der Waals surface area contributed by atoms with Crippen molar-refractivity contribution in [3.63, 3.8) is 0 Å². The van der Waals surface area contributed by atoms with Crippen molar-refractivity contribution >= 4 is 158 Å². The lowest BCUT2D eigenvalue weighted by Crippen LogP contribution is -2.61. The van der Waals surface area contributed by atoms with Gasteiger partial charge in [0.05, 0.1) is 43.1 Å². The summed E-state index contributed by atoms with van der Waals surface area (Å²) >= 11 is 17.1. The summed E-state index contributed by atoms with van der Waals surface area (Å²) in [7, 11) is 0. The maximum Gasteiger partial charge on any atom is 0.410 e. The number of fused-ring (bicyclic) bond motifs is 5. The third-order valence-corrected chi connectivity index (χ3v) is 23.3. The number of nitrogens with one attached hydrogen (secondary N) is 6. The van der Waals surface area contributed by atoms with Crippen LogP contribution in [0.5, 0.6) is 0 Å². The average molecular weight is 1920 g/mol. The first-order valence-electron chi connectivity index (χ1n) is 44.1. The smallest absolute Gasteiger partial charge is 0.410 e. The molecule has 4 fully saturated rings. The molecule has 4 aromatic carbocycles. The highest BCUT2D eigenvalue weighted by Crippen LogP contribution is 2.39. The zero-order valence-electron chi connectivity index (χ0n) is 78.0. The van der Waals surface area contributed by atoms with Crippen LogP contribution in [0.25, 0.3) is 34.0 Å². The maximum atomic E-state index is 14.5. The number of aromatic nitrogens is 2. The van der Waals surface area contributed by atoms with E-state index in [0.29, 0.717) is 67.5 Å². The van der Waals surface area contributed by atoms with Gasteiger partial charge in [-0.05, 0) is 193 Å². The zero-order valence-corrected chi connectivity index (χ0v) is 80.3. The molecule has 40 heteroatoms. The average Bonchev–Trinajstić information content (AvgIpc) is 0.849. The number of hydrogen-bond acceptors (Lipinski definition) is 27. The molecule has 37 nitrogen and oxygen atoms in total. The van der Waals surface area contributed by atoms with E-state index in [2.05, 4.69) is 36.9 Å². The Morgan fingerprint density at radius 1 is 0.672 bits per heavy atom. The van der Waals surface area contributed by atoms with E-state index in [-0.39, 0.29) is 85.6 Å². The van der Waals surface area contributed by atoms with E-state index in [1.807, 2.05) is 107 Å². The molecular weight excluding hydrogens is 1800 g/mol. The quantitative estimate of drug-likeness (QED) is 0.0123. The van der Waals surface area contributed by atoms with Crippen LogP contribution in [0.3, 0.4) is 0 Å². The summed E-state index contributed by atoms with van der Waals surface area (Å²) < 4.78 is 30.3. The van der Waals surface area contributed by atoms with Gasteiger partial charge in [-0.25, -0.2) is 40.0 Å².